The third-order valence-electron chi connectivity index (χ3n) is 3.82. The summed E-state index contributed by atoms with van der Waals surface area (Å²) in [6.45, 7) is 9.19. The van der Waals surface area contributed by atoms with Crippen molar-refractivity contribution < 1.29 is 0 Å². The molecule has 1 atom stereocenters. The minimum atomic E-state index is -0.00486. The molecule has 1 fully saturated rings. The molecule has 1 saturated heterocycles. The van der Waals surface area contributed by atoms with Crippen molar-refractivity contribution >= 4 is 21.6 Å². The first kappa shape index (κ1) is 15.5. The second kappa shape index (κ2) is 6.29. The Bertz CT molecular complexity index is 512. The van der Waals surface area contributed by atoms with Gasteiger partial charge in [0.05, 0.1) is 18.4 Å². The standard InChI is InChI=1S/C15H24BrN3O/c1-12-5-4-6-18(9-12)13-7-14(20)19(17-8-13)11-15(2,3)10-16/h7-8,12H,4-6,9-11H2,1-3H3. The van der Waals surface area contributed by atoms with E-state index < -0.39 is 0 Å². The molecule has 2 rings (SSSR count). The van der Waals surface area contributed by atoms with Gasteiger partial charge in [-0.25, -0.2) is 4.68 Å². The first-order valence-electron chi connectivity index (χ1n) is 7.29. The second-order valence-corrected chi connectivity index (χ2v) is 7.26. The maximum atomic E-state index is 12.2. The lowest BCUT2D eigenvalue weighted by Crippen LogP contribution is -2.36. The Morgan fingerprint density at radius 2 is 2.25 bits per heavy atom. The molecule has 1 aromatic heterocycles. The van der Waals surface area contributed by atoms with Gasteiger partial charge in [-0.05, 0) is 24.2 Å². The number of rotatable bonds is 4. The Morgan fingerprint density at radius 1 is 1.50 bits per heavy atom. The molecule has 0 N–H and O–H groups in total. The molecular weight excluding hydrogens is 318 g/mol. The Balaban J connectivity index is 2.15. The van der Waals surface area contributed by atoms with E-state index in [4.69, 9.17) is 0 Å². The fourth-order valence-corrected chi connectivity index (χ4v) is 2.76. The monoisotopic (exact) mass is 341 g/mol. The summed E-state index contributed by atoms with van der Waals surface area (Å²) >= 11 is 3.49. The fourth-order valence-electron chi connectivity index (χ4n) is 2.59. The third kappa shape index (κ3) is 3.84. The van der Waals surface area contributed by atoms with Crippen LogP contribution in [0.15, 0.2) is 17.1 Å². The summed E-state index contributed by atoms with van der Waals surface area (Å²) in [5.41, 5.74) is 0.988. The average molecular weight is 342 g/mol. The molecule has 1 unspecified atom stereocenters. The highest BCUT2D eigenvalue weighted by Crippen LogP contribution is 2.22. The lowest BCUT2D eigenvalue weighted by atomic mass is 9.97. The summed E-state index contributed by atoms with van der Waals surface area (Å²) in [6, 6.07) is 1.73. The second-order valence-electron chi connectivity index (χ2n) is 6.70. The van der Waals surface area contributed by atoms with Crippen LogP contribution in [0.25, 0.3) is 0 Å². The Morgan fingerprint density at radius 3 is 2.85 bits per heavy atom. The first-order chi connectivity index (χ1) is 9.41. The van der Waals surface area contributed by atoms with Crippen LogP contribution in [0.4, 0.5) is 5.69 Å². The van der Waals surface area contributed by atoms with Crippen LogP contribution in [0.3, 0.4) is 0 Å². The van der Waals surface area contributed by atoms with E-state index in [0.717, 1.165) is 24.1 Å². The number of anilines is 1. The van der Waals surface area contributed by atoms with Gasteiger partial charge >= 0.3 is 0 Å². The third-order valence-corrected chi connectivity index (χ3v) is 5.33. The largest absolute Gasteiger partial charge is 0.370 e. The molecule has 0 saturated carbocycles. The van der Waals surface area contributed by atoms with E-state index in [-0.39, 0.29) is 11.0 Å². The molecule has 2 heterocycles. The molecule has 112 valence electrons. The maximum absolute atomic E-state index is 12.2. The van der Waals surface area contributed by atoms with Crippen LogP contribution >= 0.6 is 15.9 Å². The van der Waals surface area contributed by atoms with E-state index in [2.05, 4.69) is 46.7 Å². The Hall–Kier alpha value is -0.840. The SMILES string of the molecule is CC1CCCN(c2cnn(CC(C)(C)CBr)c(=O)c2)C1. The van der Waals surface area contributed by atoms with Crippen molar-refractivity contribution in [3.05, 3.63) is 22.6 Å². The molecule has 1 aliphatic rings. The number of hydrogen-bond donors (Lipinski definition) is 0. The van der Waals surface area contributed by atoms with Crippen molar-refractivity contribution in [3.8, 4) is 0 Å². The lowest BCUT2D eigenvalue weighted by molar-refractivity contribution is 0.326. The van der Waals surface area contributed by atoms with Gasteiger partial charge in [-0.2, -0.15) is 5.10 Å². The highest BCUT2D eigenvalue weighted by molar-refractivity contribution is 9.09. The van der Waals surface area contributed by atoms with Crippen LogP contribution in [0, 0.1) is 11.3 Å². The first-order valence-corrected chi connectivity index (χ1v) is 8.41. The van der Waals surface area contributed by atoms with Gasteiger partial charge in [-0.3, -0.25) is 4.79 Å². The minimum Gasteiger partial charge on any atom is -0.370 e. The van der Waals surface area contributed by atoms with Crippen LogP contribution in [0.2, 0.25) is 0 Å². The van der Waals surface area contributed by atoms with Gasteiger partial charge in [0, 0.05) is 24.5 Å². The predicted molar refractivity (Wildman–Crippen MR) is 86.7 cm³/mol. The van der Waals surface area contributed by atoms with Crippen molar-refractivity contribution in [1.29, 1.82) is 0 Å². The van der Waals surface area contributed by atoms with Crippen LogP contribution in [0.1, 0.15) is 33.6 Å². The van der Waals surface area contributed by atoms with E-state index in [9.17, 15) is 4.79 Å². The van der Waals surface area contributed by atoms with E-state index in [1.54, 1.807) is 10.7 Å². The fraction of sp³-hybridized carbons (Fsp3) is 0.733. The lowest BCUT2D eigenvalue weighted by Gasteiger charge is -2.32. The highest BCUT2D eigenvalue weighted by atomic mass is 79.9. The van der Waals surface area contributed by atoms with Gasteiger partial charge in [-0.15, -0.1) is 0 Å². The molecular formula is C15H24BrN3O. The molecule has 4 nitrogen and oxygen atoms in total. The van der Waals surface area contributed by atoms with Crippen LogP contribution in [0.5, 0.6) is 0 Å². The summed E-state index contributed by atoms with van der Waals surface area (Å²) in [5.74, 6) is 0.693. The van der Waals surface area contributed by atoms with Crippen LogP contribution < -0.4 is 10.5 Å². The van der Waals surface area contributed by atoms with Crippen molar-refractivity contribution in [1.82, 2.24) is 9.78 Å². The molecule has 0 bridgehead atoms. The van der Waals surface area contributed by atoms with Crippen molar-refractivity contribution in [2.45, 2.75) is 40.2 Å². The zero-order valence-corrected chi connectivity index (χ0v) is 14.2. The number of nitrogens with zero attached hydrogens (tertiary/aromatic N) is 3. The van der Waals surface area contributed by atoms with Gasteiger partial charge in [0.25, 0.3) is 5.56 Å². The highest BCUT2D eigenvalue weighted by Gasteiger charge is 2.20. The minimum absolute atomic E-state index is 0.00486. The summed E-state index contributed by atoms with van der Waals surface area (Å²) in [6.07, 6.45) is 4.31. The topological polar surface area (TPSA) is 38.1 Å². The van der Waals surface area contributed by atoms with Crippen LogP contribution in [-0.4, -0.2) is 28.2 Å². The smallest absolute Gasteiger partial charge is 0.268 e. The van der Waals surface area contributed by atoms with E-state index >= 15 is 0 Å². The molecule has 0 aromatic carbocycles. The number of hydrogen-bond acceptors (Lipinski definition) is 3. The molecule has 0 radical (unpaired) electrons. The molecule has 1 aromatic rings. The molecule has 1 aliphatic heterocycles. The average Bonchev–Trinajstić information content (AvgIpc) is 2.41. The number of halogens is 1. The van der Waals surface area contributed by atoms with Gasteiger partial charge in [0.1, 0.15) is 0 Å². The zero-order chi connectivity index (χ0) is 14.8. The van der Waals surface area contributed by atoms with E-state index in [1.807, 2.05) is 6.20 Å². The van der Waals surface area contributed by atoms with Gasteiger partial charge in [0.2, 0.25) is 0 Å². The summed E-state index contributed by atoms with van der Waals surface area (Å²) in [5, 5.41) is 5.20. The number of alkyl halides is 1. The van der Waals surface area contributed by atoms with E-state index in [0.29, 0.717) is 12.5 Å². The molecule has 0 spiro atoms. The van der Waals surface area contributed by atoms with E-state index in [1.165, 1.54) is 12.8 Å². The Labute approximate surface area is 129 Å². The summed E-state index contributed by atoms with van der Waals surface area (Å²) in [7, 11) is 0. The number of piperidine rings is 1. The predicted octanol–water partition coefficient (Wildman–Crippen LogP) is 2.90. The van der Waals surface area contributed by atoms with Gasteiger partial charge in [0.15, 0.2) is 0 Å². The van der Waals surface area contributed by atoms with Crippen molar-refractivity contribution in [3.63, 3.8) is 0 Å². The van der Waals surface area contributed by atoms with Gasteiger partial charge in [-0.1, -0.05) is 36.7 Å². The Kier molecular flexibility index (Phi) is 4.89. The zero-order valence-electron chi connectivity index (χ0n) is 12.6. The molecule has 5 heteroatoms. The number of aromatic nitrogens is 2. The summed E-state index contributed by atoms with van der Waals surface area (Å²) in [4.78, 5) is 14.5. The van der Waals surface area contributed by atoms with Crippen molar-refractivity contribution in [2.24, 2.45) is 11.3 Å². The van der Waals surface area contributed by atoms with Crippen LogP contribution in [-0.2, 0) is 6.54 Å². The quantitative estimate of drug-likeness (QED) is 0.790. The maximum Gasteiger partial charge on any atom is 0.268 e. The normalized spacial score (nSPS) is 20.2. The molecule has 0 amide bonds. The molecule has 0 aliphatic carbocycles. The van der Waals surface area contributed by atoms with Gasteiger partial charge < -0.3 is 4.90 Å². The molecule has 20 heavy (non-hydrogen) atoms. The summed E-state index contributed by atoms with van der Waals surface area (Å²) < 4.78 is 1.57. The van der Waals surface area contributed by atoms with Crippen molar-refractivity contribution in [2.75, 3.05) is 23.3 Å².